The molecule has 19 heavy (non-hydrogen) atoms. The minimum absolute atomic E-state index is 0.623. The summed E-state index contributed by atoms with van der Waals surface area (Å²) in [6.45, 7) is 6.66. The summed E-state index contributed by atoms with van der Waals surface area (Å²) in [5.41, 5.74) is 5.39. The molecule has 1 atom stereocenters. The van der Waals surface area contributed by atoms with Gasteiger partial charge in [0, 0.05) is 18.1 Å². The molecular formula is C17H22N2. The topological polar surface area (TPSA) is 24.9 Å². The fraction of sp³-hybridized carbons (Fsp3) is 0.471. The molecule has 0 radical (unpaired) electrons. The SMILES string of the molecule is CCc1cnc2c([C@H]3CCCNC3)c(C)ccc2c1. The lowest BCUT2D eigenvalue weighted by Crippen LogP contribution is -2.29. The third-order valence-electron chi connectivity index (χ3n) is 4.28. The first kappa shape index (κ1) is 12.6. The maximum absolute atomic E-state index is 4.76. The Balaban J connectivity index is 2.13. The van der Waals surface area contributed by atoms with Crippen molar-refractivity contribution >= 4 is 10.9 Å². The van der Waals surface area contributed by atoms with Crippen LogP contribution < -0.4 is 5.32 Å². The number of benzene rings is 1. The van der Waals surface area contributed by atoms with Crippen LogP contribution in [0.15, 0.2) is 24.4 Å². The quantitative estimate of drug-likeness (QED) is 0.886. The standard InChI is InChI=1S/C17H22N2/c1-3-13-9-14-7-6-12(2)16(17(14)19-10-13)15-5-4-8-18-11-15/h6-7,9-10,15,18H,3-5,8,11H2,1-2H3/t15-/m0/s1. The largest absolute Gasteiger partial charge is 0.316 e. The van der Waals surface area contributed by atoms with Crippen LogP contribution in [0.5, 0.6) is 0 Å². The third-order valence-corrected chi connectivity index (χ3v) is 4.28. The third kappa shape index (κ3) is 2.37. The van der Waals surface area contributed by atoms with Gasteiger partial charge in [0.2, 0.25) is 0 Å². The van der Waals surface area contributed by atoms with Gasteiger partial charge >= 0.3 is 0 Å². The van der Waals surface area contributed by atoms with Crippen molar-refractivity contribution in [2.45, 2.75) is 39.0 Å². The van der Waals surface area contributed by atoms with Gasteiger partial charge < -0.3 is 5.32 Å². The van der Waals surface area contributed by atoms with E-state index in [0.717, 1.165) is 19.5 Å². The van der Waals surface area contributed by atoms with Gasteiger partial charge in [0.05, 0.1) is 5.52 Å². The number of piperidine rings is 1. The van der Waals surface area contributed by atoms with Crippen molar-refractivity contribution in [2.75, 3.05) is 13.1 Å². The Bertz CT molecular complexity index is 583. The average Bonchev–Trinajstić information content (AvgIpc) is 2.47. The maximum Gasteiger partial charge on any atom is 0.0740 e. The molecule has 100 valence electrons. The number of fused-ring (bicyclic) bond motifs is 1. The molecule has 0 bridgehead atoms. The molecule has 2 heterocycles. The number of hydrogen-bond donors (Lipinski definition) is 1. The molecule has 1 aromatic carbocycles. The summed E-state index contributed by atoms with van der Waals surface area (Å²) in [7, 11) is 0. The van der Waals surface area contributed by atoms with E-state index in [1.807, 2.05) is 6.20 Å². The summed E-state index contributed by atoms with van der Waals surface area (Å²) < 4.78 is 0. The van der Waals surface area contributed by atoms with Crippen molar-refractivity contribution in [1.82, 2.24) is 10.3 Å². The van der Waals surface area contributed by atoms with Crippen molar-refractivity contribution in [2.24, 2.45) is 0 Å². The Morgan fingerprint density at radius 2 is 2.26 bits per heavy atom. The fourth-order valence-corrected chi connectivity index (χ4v) is 3.18. The van der Waals surface area contributed by atoms with E-state index in [0.29, 0.717) is 5.92 Å². The molecule has 0 unspecified atom stereocenters. The molecule has 2 heteroatoms. The number of nitrogens with one attached hydrogen (secondary N) is 1. The lowest BCUT2D eigenvalue weighted by atomic mass is 9.87. The van der Waals surface area contributed by atoms with Gasteiger partial charge in [0.15, 0.2) is 0 Å². The second-order valence-electron chi connectivity index (χ2n) is 5.61. The zero-order valence-corrected chi connectivity index (χ0v) is 11.9. The first-order chi connectivity index (χ1) is 9.29. The van der Waals surface area contributed by atoms with Crippen LogP contribution in [0, 0.1) is 6.92 Å². The summed E-state index contributed by atoms with van der Waals surface area (Å²) in [4.78, 5) is 4.76. The van der Waals surface area contributed by atoms with E-state index in [4.69, 9.17) is 4.98 Å². The lowest BCUT2D eigenvalue weighted by Gasteiger charge is -2.25. The van der Waals surface area contributed by atoms with Crippen molar-refractivity contribution < 1.29 is 0 Å². The van der Waals surface area contributed by atoms with Gasteiger partial charge in [-0.1, -0.05) is 19.1 Å². The van der Waals surface area contributed by atoms with E-state index >= 15 is 0 Å². The minimum atomic E-state index is 0.623. The highest BCUT2D eigenvalue weighted by molar-refractivity contribution is 5.84. The molecule has 1 aliphatic rings. The van der Waals surface area contributed by atoms with Crippen molar-refractivity contribution in [3.05, 3.63) is 41.1 Å². The number of aromatic nitrogens is 1. The van der Waals surface area contributed by atoms with E-state index < -0.39 is 0 Å². The van der Waals surface area contributed by atoms with Crippen LogP contribution in [0.25, 0.3) is 10.9 Å². The Hall–Kier alpha value is -1.41. The Morgan fingerprint density at radius 1 is 1.37 bits per heavy atom. The van der Waals surface area contributed by atoms with Crippen LogP contribution in [0.2, 0.25) is 0 Å². The van der Waals surface area contributed by atoms with Crippen LogP contribution in [-0.4, -0.2) is 18.1 Å². The summed E-state index contributed by atoms with van der Waals surface area (Å²) in [6, 6.07) is 6.77. The zero-order valence-electron chi connectivity index (χ0n) is 11.9. The Kier molecular flexibility index (Phi) is 3.52. The number of nitrogens with zero attached hydrogens (tertiary/aromatic N) is 1. The van der Waals surface area contributed by atoms with Gasteiger partial charge in [-0.2, -0.15) is 0 Å². The molecular weight excluding hydrogens is 232 g/mol. The van der Waals surface area contributed by atoms with E-state index in [-0.39, 0.29) is 0 Å². The van der Waals surface area contributed by atoms with Crippen LogP contribution in [0.1, 0.15) is 42.4 Å². The normalized spacial score (nSPS) is 19.8. The van der Waals surface area contributed by atoms with Crippen LogP contribution in [0.3, 0.4) is 0 Å². The second kappa shape index (κ2) is 5.30. The molecule has 1 N–H and O–H groups in total. The van der Waals surface area contributed by atoms with Crippen molar-refractivity contribution in [1.29, 1.82) is 0 Å². The highest BCUT2D eigenvalue weighted by atomic mass is 14.9. The lowest BCUT2D eigenvalue weighted by molar-refractivity contribution is 0.462. The number of hydrogen-bond acceptors (Lipinski definition) is 2. The number of aryl methyl sites for hydroxylation is 2. The van der Waals surface area contributed by atoms with Gasteiger partial charge in [-0.15, -0.1) is 0 Å². The molecule has 3 rings (SSSR count). The first-order valence-electron chi connectivity index (χ1n) is 7.38. The molecule has 0 spiro atoms. The molecule has 0 amide bonds. The van der Waals surface area contributed by atoms with Gasteiger partial charge in [-0.05, 0) is 61.4 Å². The molecule has 2 nitrogen and oxygen atoms in total. The number of rotatable bonds is 2. The Morgan fingerprint density at radius 3 is 3.00 bits per heavy atom. The van der Waals surface area contributed by atoms with Gasteiger partial charge in [-0.25, -0.2) is 0 Å². The summed E-state index contributed by atoms with van der Waals surface area (Å²) in [5.74, 6) is 0.623. The molecule has 0 aliphatic carbocycles. The monoisotopic (exact) mass is 254 g/mol. The van der Waals surface area contributed by atoms with Crippen LogP contribution >= 0.6 is 0 Å². The van der Waals surface area contributed by atoms with Gasteiger partial charge in [0.25, 0.3) is 0 Å². The van der Waals surface area contributed by atoms with Crippen LogP contribution in [-0.2, 0) is 6.42 Å². The first-order valence-corrected chi connectivity index (χ1v) is 7.38. The maximum atomic E-state index is 4.76. The van der Waals surface area contributed by atoms with Crippen molar-refractivity contribution in [3.63, 3.8) is 0 Å². The number of pyridine rings is 1. The second-order valence-corrected chi connectivity index (χ2v) is 5.61. The highest BCUT2D eigenvalue weighted by Crippen LogP contribution is 2.31. The predicted octanol–water partition coefficient (Wildman–Crippen LogP) is 3.57. The summed E-state index contributed by atoms with van der Waals surface area (Å²) >= 11 is 0. The molecule has 1 fully saturated rings. The van der Waals surface area contributed by atoms with Crippen LogP contribution in [0.4, 0.5) is 0 Å². The summed E-state index contributed by atoms with van der Waals surface area (Å²) in [5, 5.41) is 4.82. The predicted molar refractivity (Wildman–Crippen MR) is 80.7 cm³/mol. The average molecular weight is 254 g/mol. The van der Waals surface area contributed by atoms with Crippen molar-refractivity contribution in [3.8, 4) is 0 Å². The molecule has 2 aromatic rings. The Labute approximate surface area is 115 Å². The zero-order chi connectivity index (χ0) is 13.2. The molecule has 0 saturated carbocycles. The highest BCUT2D eigenvalue weighted by Gasteiger charge is 2.20. The smallest absolute Gasteiger partial charge is 0.0740 e. The summed E-state index contributed by atoms with van der Waals surface area (Å²) in [6.07, 6.45) is 5.65. The molecule has 1 aromatic heterocycles. The van der Waals surface area contributed by atoms with E-state index in [1.165, 1.54) is 40.4 Å². The van der Waals surface area contributed by atoms with E-state index in [1.54, 1.807) is 0 Å². The van der Waals surface area contributed by atoms with Gasteiger partial charge in [-0.3, -0.25) is 4.98 Å². The van der Waals surface area contributed by atoms with E-state index in [2.05, 4.69) is 37.4 Å². The molecule has 1 saturated heterocycles. The van der Waals surface area contributed by atoms with E-state index in [9.17, 15) is 0 Å². The fourth-order valence-electron chi connectivity index (χ4n) is 3.18. The minimum Gasteiger partial charge on any atom is -0.316 e. The van der Waals surface area contributed by atoms with Gasteiger partial charge in [0.1, 0.15) is 0 Å². The molecule has 1 aliphatic heterocycles.